The zero-order valence-corrected chi connectivity index (χ0v) is 13.4. The van der Waals surface area contributed by atoms with Crippen molar-refractivity contribution in [3.05, 3.63) is 24.3 Å². The average molecular weight is 319 g/mol. The number of carbonyl (C=O) groups is 1. The number of aliphatic hydroxyl groups excluding tert-OH is 1. The lowest BCUT2D eigenvalue weighted by molar-refractivity contribution is -0.117. The molecule has 2 N–H and O–H groups in total. The number of nitrogens with zero attached hydrogens (tertiary/aromatic N) is 2. The molecule has 1 aliphatic heterocycles. The van der Waals surface area contributed by atoms with Gasteiger partial charge in [0.2, 0.25) is 5.91 Å². The molecule has 0 aromatic heterocycles. The van der Waals surface area contributed by atoms with Crippen LogP contribution in [0, 0.1) is 0 Å². The maximum absolute atomic E-state index is 12.2. The Morgan fingerprint density at radius 1 is 1.26 bits per heavy atom. The number of aliphatic hydroxyl groups is 1. The summed E-state index contributed by atoms with van der Waals surface area (Å²) in [6.45, 7) is 4.34. The molecule has 0 atom stereocenters. The molecular formula is C17H25N3O3. The Morgan fingerprint density at radius 3 is 2.57 bits per heavy atom. The molecule has 1 aromatic rings. The molecule has 2 fully saturated rings. The smallest absolute Gasteiger partial charge is 0.238 e. The first kappa shape index (κ1) is 16.2. The van der Waals surface area contributed by atoms with E-state index in [4.69, 9.17) is 9.84 Å². The fourth-order valence-electron chi connectivity index (χ4n) is 2.92. The van der Waals surface area contributed by atoms with Crippen LogP contribution in [0.5, 0.6) is 0 Å². The number of hydrogen-bond donors (Lipinski definition) is 2. The van der Waals surface area contributed by atoms with Crippen LogP contribution in [0.3, 0.4) is 0 Å². The van der Waals surface area contributed by atoms with E-state index < -0.39 is 0 Å². The third-order valence-corrected chi connectivity index (χ3v) is 4.32. The quantitative estimate of drug-likeness (QED) is 0.782. The van der Waals surface area contributed by atoms with Crippen molar-refractivity contribution >= 4 is 17.3 Å². The van der Waals surface area contributed by atoms with Crippen LogP contribution >= 0.6 is 0 Å². The number of amides is 1. The van der Waals surface area contributed by atoms with Gasteiger partial charge in [0.1, 0.15) is 0 Å². The van der Waals surface area contributed by atoms with Crippen molar-refractivity contribution in [3.63, 3.8) is 0 Å². The van der Waals surface area contributed by atoms with E-state index in [2.05, 4.69) is 15.1 Å². The van der Waals surface area contributed by atoms with Crippen LogP contribution in [0.25, 0.3) is 0 Å². The van der Waals surface area contributed by atoms with E-state index in [0.29, 0.717) is 19.1 Å². The summed E-state index contributed by atoms with van der Waals surface area (Å²) < 4.78 is 5.36. The van der Waals surface area contributed by atoms with Gasteiger partial charge in [-0.05, 0) is 37.1 Å². The number of carbonyl (C=O) groups excluding carboxylic acids is 1. The number of benzene rings is 1. The van der Waals surface area contributed by atoms with Gasteiger partial charge in [-0.2, -0.15) is 0 Å². The van der Waals surface area contributed by atoms with E-state index in [9.17, 15) is 4.79 Å². The molecule has 1 heterocycles. The second kappa shape index (κ2) is 7.77. The van der Waals surface area contributed by atoms with Gasteiger partial charge in [-0.15, -0.1) is 0 Å². The highest BCUT2D eigenvalue weighted by atomic mass is 16.5. The van der Waals surface area contributed by atoms with Gasteiger partial charge in [0.05, 0.1) is 26.4 Å². The van der Waals surface area contributed by atoms with E-state index in [0.717, 1.165) is 50.5 Å². The minimum Gasteiger partial charge on any atom is -0.395 e. The number of anilines is 2. The zero-order valence-electron chi connectivity index (χ0n) is 13.4. The molecule has 0 unspecified atom stereocenters. The van der Waals surface area contributed by atoms with Crippen molar-refractivity contribution in [2.45, 2.75) is 18.9 Å². The number of ether oxygens (including phenoxy) is 1. The van der Waals surface area contributed by atoms with Crippen LogP contribution in [0.2, 0.25) is 0 Å². The Morgan fingerprint density at radius 2 is 1.96 bits per heavy atom. The fourth-order valence-corrected chi connectivity index (χ4v) is 2.92. The second-order valence-corrected chi connectivity index (χ2v) is 6.12. The van der Waals surface area contributed by atoms with Crippen LogP contribution in [0.4, 0.5) is 11.4 Å². The lowest BCUT2D eigenvalue weighted by Gasteiger charge is -2.29. The molecule has 1 amide bonds. The van der Waals surface area contributed by atoms with Gasteiger partial charge in [0.15, 0.2) is 0 Å². The highest BCUT2D eigenvalue weighted by Gasteiger charge is 2.29. The van der Waals surface area contributed by atoms with Crippen LogP contribution in [0.15, 0.2) is 24.3 Å². The molecule has 1 aromatic carbocycles. The third-order valence-electron chi connectivity index (χ3n) is 4.32. The van der Waals surface area contributed by atoms with Crippen molar-refractivity contribution in [2.24, 2.45) is 0 Å². The predicted octanol–water partition coefficient (Wildman–Crippen LogP) is 0.918. The Bertz CT molecular complexity index is 510. The van der Waals surface area contributed by atoms with Crippen molar-refractivity contribution < 1.29 is 14.6 Å². The summed E-state index contributed by atoms with van der Waals surface area (Å²) in [5.74, 6) is -0.0236. The lowest BCUT2D eigenvalue weighted by atomic mass is 10.2. The van der Waals surface area contributed by atoms with E-state index in [1.54, 1.807) is 0 Å². The molecule has 1 saturated carbocycles. The maximum Gasteiger partial charge on any atom is 0.238 e. The summed E-state index contributed by atoms with van der Waals surface area (Å²) in [5.41, 5.74) is 1.97. The molecule has 0 bridgehead atoms. The summed E-state index contributed by atoms with van der Waals surface area (Å²) >= 11 is 0. The van der Waals surface area contributed by atoms with Gasteiger partial charge < -0.3 is 20.1 Å². The summed E-state index contributed by atoms with van der Waals surface area (Å²) in [5, 5.41) is 12.0. The van der Waals surface area contributed by atoms with E-state index in [1.165, 1.54) is 0 Å². The average Bonchev–Trinajstić information content (AvgIpc) is 3.41. The monoisotopic (exact) mass is 319 g/mol. The van der Waals surface area contributed by atoms with Gasteiger partial charge in [0.25, 0.3) is 0 Å². The molecule has 2 aliphatic rings. The van der Waals surface area contributed by atoms with E-state index >= 15 is 0 Å². The first-order valence-corrected chi connectivity index (χ1v) is 8.34. The van der Waals surface area contributed by atoms with Gasteiger partial charge in [-0.25, -0.2) is 0 Å². The van der Waals surface area contributed by atoms with Gasteiger partial charge in [-0.3, -0.25) is 9.69 Å². The molecule has 126 valence electrons. The van der Waals surface area contributed by atoms with Crippen molar-refractivity contribution in [1.29, 1.82) is 0 Å². The third kappa shape index (κ3) is 4.67. The van der Waals surface area contributed by atoms with Crippen LogP contribution < -0.4 is 10.2 Å². The summed E-state index contributed by atoms with van der Waals surface area (Å²) in [6, 6.07) is 8.42. The molecule has 6 heteroatoms. The second-order valence-electron chi connectivity index (χ2n) is 6.12. The molecule has 6 nitrogen and oxygen atoms in total. The molecular weight excluding hydrogens is 294 g/mol. The van der Waals surface area contributed by atoms with Gasteiger partial charge in [-0.1, -0.05) is 0 Å². The highest BCUT2D eigenvalue weighted by molar-refractivity contribution is 5.92. The van der Waals surface area contributed by atoms with Crippen molar-refractivity contribution in [2.75, 3.05) is 56.2 Å². The van der Waals surface area contributed by atoms with Gasteiger partial charge in [0, 0.05) is 37.1 Å². The van der Waals surface area contributed by atoms with E-state index in [1.807, 2.05) is 24.3 Å². The topological polar surface area (TPSA) is 65.0 Å². The highest BCUT2D eigenvalue weighted by Crippen LogP contribution is 2.26. The zero-order chi connectivity index (χ0) is 16.1. The molecule has 23 heavy (non-hydrogen) atoms. The minimum absolute atomic E-state index is 0.0236. The number of nitrogens with one attached hydrogen (secondary N) is 1. The molecule has 1 saturated heterocycles. The SMILES string of the molecule is O=C(CN(CCO)C1CC1)Nc1ccc(N2CCOCC2)cc1. The minimum atomic E-state index is -0.0236. The maximum atomic E-state index is 12.2. The summed E-state index contributed by atoms with van der Waals surface area (Å²) in [6.07, 6.45) is 2.25. The summed E-state index contributed by atoms with van der Waals surface area (Å²) in [7, 11) is 0. The summed E-state index contributed by atoms with van der Waals surface area (Å²) in [4.78, 5) is 16.5. The first-order chi connectivity index (χ1) is 11.3. The Labute approximate surface area is 137 Å². The number of morpholine rings is 1. The molecule has 0 radical (unpaired) electrons. The first-order valence-electron chi connectivity index (χ1n) is 8.34. The predicted molar refractivity (Wildman–Crippen MR) is 89.8 cm³/mol. The van der Waals surface area contributed by atoms with Crippen molar-refractivity contribution in [1.82, 2.24) is 4.90 Å². The Kier molecular flexibility index (Phi) is 5.48. The number of rotatable bonds is 7. The Hall–Kier alpha value is -1.63. The van der Waals surface area contributed by atoms with Crippen LogP contribution in [-0.4, -0.2) is 68.0 Å². The fraction of sp³-hybridized carbons (Fsp3) is 0.588. The largest absolute Gasteiger partial charge is 0.395 e. The lowest BCUT2D eigenvalue weighted by Crippen LogP contribution is -2.37. The molecule has 0 spiro atoms. The molecule has 1 aliphatic carbocycles. The van der Waals surface area contributed by atoms with Crippen LogP contribution in [0.1, 0.15) is 12.8 Å². The van der Waals surface area contributed by atoms with Gasteiger partial charge >= 0.3 is 0 Å². The molecule has 3 rings (SSSR count). The Balaban J connectivity index is 1.51. The van der Waals surface area contributed by atoms with E-state index in [-0.39, 0.29) is 12.5 Å². The van der Waals surface area contributed by atoms with Crippen molar-refractivity contribution in [3.8, 4) is 0 Å². The standard InChI is InChI=1S/C17H25N3O3/c21-10-7-20(16-5-6-16)13-17(22)18-14-1-3-15(4-2-14)19-8-11-23-12-9-19/h1-4,16,21H,5-13H2,(H,18,22). The normalized spacial score (nSPS) is 18.3. The number of hydrogen-bond acceptors (Lipinski definition) is 5. The van der Waals surface area contributed by atoms with Crippen LogP contribution in [-0.2, 0) is 9.53 Å².